The molecule has 1 N–H and O–H groups in total. The van der Waals surface area contributed by atoms with Crippen molar-refractivity contribution in [2.45, 2.75) is 18.9 Å². The fourth-order valence-electron chi connectivity index (χ4n) is 2.36. The van der Waals surface area contributed by atoms with E-state index >= 15 is 0 Å². The van der Waals surface area contributed by atoms with Gasteiger partial charge in [-0.25, -0.2) is 0 Å². The Morgan fingerprint density at radius 1 is 1.09 bits per heavy atom. The molecule has 4 heteroatoms. The molecule has 2 aromatic rings. The van der Waals surface area contributed by atoms with Crippen molar-refractivity contribution in [1.29, 1.82) is 0 Å². The minimum absolute atomic E-state index is 0.271. The summed E-state index contributed by atoms with van der Waals surface area (Å²) in [6, 6.07) is 16.2. The van der Waals surface area contributed by atoms with E-state index in [1.165, 1.54) is 0 Å². The number of carbonyl (C=O) groups excluding carboxylic acids is 1. The van der Waals surface area contributed by atoms with Crippen molar-refractivity contribution in [3.8, 4) is 5.75 Å². The molecule has 0 fully saturated rings. The highest BCUT2D eigenvalue weighted by Crippen LogP contribution is 2.33. The summed E-state index contributed by atoms with van der Waals surface area (Å²) in [6.45, 7) is 2.02. The van der Waals surface area contributed by atoms with E-state index in [1.807, 2.05) is 30.3 Å². The van der Waals surface area contributed by atoms with Gasteiger partial charge in [0.1, 0.15) is 11.7 Å². The van der Waals surface area contributed by atoms with E-state index in [2.05, 4.69) is 0 Å². The van der Waals surface area contributed by atoms with Crippen LogP contribution >= 0.6 is 0 Å². The van der Waals surface area contributed by atoms with Crippen LogP contribution < -0.4 is 4.74 Å². The van der Waals surface area contributed by atoms with E-state index in [9.17, 15) is 9.90 Å². The molecule has 0 spiro atoms. The average Bonchev–Trinajstić information content (AvgIpc) is 2.56. The van der Waals surface area contributed by atoms with Gasteiger partial charge in [0.2, 0.25) is 0 Å². The van der Waals surface area contributed by atoms with Crippen molar-refractivity contribution in [2.24, 2.45) is 0 Å². The van der Waals surface area contributed by atoms with Crippen LogP contribution in [0.4, 0.5) is 0 Å². The van der Waals surface area contributed by atoms with E-state index < -0.39 is 18.0 Å². The summed E-state index contributed by atoms with van der Waals surface area (Å²) in [5.41, 5.74) is 1.33. The number of ether oxygens (including phenoxy) is 2. The Hall–Kier alpha value is -2.33. The molecule has 0 amide bonds. The molecule has 0 aliphatic heterocycles. The number of hydrogen-bond acceptors (Lipinski definition) is 4. The van der Waals surface area contributed by atoms with Gasteiger partial charge in [-0.3, -0.25) is 4.79 Å². The number of carbonyl (C=O) groups is 1. The lowest BCUT2D eigenvalue weighted by atomic mass is 9.89. The molecule has 0 saturated carbocycles. The van der Waals surface area contributed by atoms with Gasteiger partial charge in [-0.1, -0.05) is 42.5 Å². The first-order valence-electron chi connectivity index (χ1n) is 7.21. The van der Waals surface area contributed by atoms with Crippen LogP contribution in [-0.4, -0.2) is 24.8 Å². The third kappa shape index (κ3) is 3.65. The van der Waals surface area contributed by atoms with Gasteiger partial charge in [0.25, 0.3) is 0 Å². The lowest BCUT2D eigenvalue weighted by molar-refractivity contribution is -0.148. The van der Waals surface area contributed by atoms with Crippen molar-refractivity contribution >= 4 is 5.97 Å². The van der Waals surface area contributed by atoms with Crippen LogP contribution in [0.5, 0.6) is 5.75 Å². The average molecular weight is 300 g/mol. The van der Waals surface area contributed by atoms with Gasteiger partial charge in [-0.05, 0) is 30.2 Å². The van der Waals surface area contributed by atoms with Crippen molar-refractivity contribution in [3.63, 3.8) is 0 Å². The Bertz CT molecular complexity index is 609. The maximum absolute atomic E-state index is 12.3. The normalized spacial score (nSPS) is 13.2. The van der Waals surface area contributed by atoms with E-state index in [0.29, 0.717) is 11.3 Å². The number of aliphatic hydroxyl groups is 1. The second kappa shape index (κ2) is 7.61. The molecule has 0 aliphatic rings. The molecule has 4 nitrogen and oxygen atoms in total. The fraction of sp³-hybridized carbons (Fsp3) is 0.278. The zero-order valence-electron chi connectivity index (χ0n) is 12.7. The minimum atomic E-state index is -1.00. The fourth-order valence-corrected chi connectivity index (χ4v) is 2.36. The molecule has 0 bridgehead atoms. The first-order valence-corrected chi connectivity index (χ1v) is 7.21. The van der Waals surface area contributed by atoms with Crippen LogP contribution in [0, 0.1) is 0 Å². The predicted molar refractivity (Wildman–Crippen MR) is 83.8 cm³/mol. The van der Waals surface area contributed by atoms with Crippen LogP contribution in [-0.2, 0) is 9.53 Å². The number of hydrogen-bond donors (Lipinski definition) is 1. The zero-order valence-corrected chi connectivity index (χ0v) is 12.7. The zero-order chi connectivity index (χ0) is 15.9. The summed E-state index contributed by atoms with van der Waals surface area (Å²) in [5, 5.41) is 10.7. The summed E-state index contributed by atoms with van der Waals surface area (Å²) in [5.74, 6) is -0.579. The molecule has 22 heavy (non-hydrogen) atoms. The number of methoxy groups -OCH3 is 1. The number of benzene rings is 2. The van der Waals surface area contributed by atoms with Crippen molar-refractivity contribution in [2.75, 3.05) is 13.7 Å². The molecule has 2 atom stereocenters. The SMILES string of the molecule is CCOC(=O)C(c1ccccc1)C(O)c1cccc(OC)c1. The topological polar surface area (TPSA) is 55.8 Å². The Labute approximate surface area is 130 Å². The van der Waals surface area contributed by atoms with Crippen molar-refractivity contribution in [3.05, 3.63) is 65.7 Å². The van der Waals surface area contributed by atoms with E-state index in [-0.39, 0.29) is 6.61 Å². The Kier molecular flexibility index (Phi) is 5.55. The van der Waals surface area contributed by atoms with E-state index in [4.69, 9.17) is 9.47 Å². The summed E-state index contributed by atoms with van der Waals surface area (Å²) in [6.07, 6.45) is -1.00. The smallest absolute Gasteiger partial charge is 0.316 e. The predicted octanol–water partition coefficient (Wildman–Crippen LogP) is 3.08. The maximum atomic E-state index is 12.3. The summed E-state index contributed by atoms with van der Waals surface area (Å²) < 4.78 is 10.3. The number of esters is 1. The highest BCUT2D eigenvalue weighted by Gasteiger charge is 2.31. The van der Waals surface area contributed by atoms with Crippen molar-refractivity contribution in [1.82, 2.24) is 0 Å². The van der Waals surface area contributed by atoms with Gasteiger partial charge in [0, 0.05) is 0 Å². The summed E-state index contributed by atoms with van der Waals surface area (Å²) in [7, 11) is 1.56. The van der Waals surface area contributed by atoms with Crippen molar-refractivity contribution < 1.29 is 19.4 Å². The van der Waals surface area contributed by atoms with Gasteiger partial charge in [-0.2, -0.15) is 0 Å². The molecule has 0 heterocycles. The molecule has 0 aromatic heterocycles. The van der Waals surface area contributed by atoms with Crippen LogP contribution in [0.25, 0.3) is 0 Å². The Morgan fingerprint density at radius 2 is 1.77 bits per heavy atom. The molecule has 2 unspecified atom stereocenters. The third-order valence-corrected chi connectivity index (χ3v) is 3.45. The molecule has 0 radical (unpaired) electrons. The molecular weight excluding hydrogens is 280 g/mol. The van der Waals surface area contributed by atoms with Crippen LogP contribution in [0.15, 0.2) is 54.6 Å². The van der Waals surface area contributed by atoms with Gasteiger partial charge >= 0.3 is 5.97 Å². The number of rotatable bonds is 6. The van der Waals surface area contributed by atoms with Gasteiger partial charge in [0.15, 0.2) is 0 Å². The lowest BCUT2D eigenvalue weighted by Gasteiger charge is -2.22. The first-order chi connectivity index (χ1) is 10.7. The summed E-state index contributed by atoms with van der Waals surface area (Å²) >= 11 is 0. The molecule has 0 saturated heterocycles. The minimum Gasteiger partial charge on any atom is -0.497 e. The highest BCUT2D eigenvalue weighted by atomic mass is 16.5. The highest BCUT2D eigenvalue weighted by molar-refractivity contribution is 5.79. The largest absolute Gasteiger partial charge is 0.497 e. The Balaban J connectivity index is 2.37. The monoisotopic (exact) mass is 300 g/mol. The van der Waals surface area contributed by atoms with Gasteiger partial charge in [0.05, 0.1) is 19.8 Å². The molecule has 116 valence electrons. The van der Waals surface area contributed by atoms with Gasteiger partial charge in [-0.15, -0.1) is 0 Å². The standard InChI is InChI=1S/C18H20O4/c1-3-22-18(20)16(13-8-5-4-6-9-13)17(19)14-10-7-11-15(12-14)21-2/h4-12,16-17,19H,3H2,1-2H3. The van der Waals surface area contributed by atoms with Crippen LogP contribution in [0.1, 0.15) is 30.1 Å². The molecule has 2 aromatic carbocycles. The maximum Gasteiger partial charge on any atom is 0.316 e. The Morgan fingerprint density at radius 3 is 2.41 bits per heavy atom. The number of aliphatic hydroxyl groups excluding tert-OH is 1. The van der Waals surface area contributed by atoms with Crippen LogP contribution in [0.2, 0.25) is 0 Å². The van der Waals surface area contributed by atoms with E-state index in [1.54, 1.807) is 38.3 Å². The quantitative estimate of drug-likeness (QED) is 0.833. The summed E-state index contributed by atoms with van der Waals surface area (Å²) in [4.78, 5) is 12.3. The first kappa shape index (κ1) is 16.0. The lowest BCUT2D eigenvalue weighted by Crippen LogP contribution is -2.22. The second-order valence-electron chi connectivity index (χ2n) is 4.86. The second-order valence-corrected chi connectivity index (χ2v) is 4.86. The van der Waals surface area contributed by atoms with E-state index in [0.717, 1.165) is 5.56 Å². The van der Waals surface area contributed by atoms with Crippen LogP contribution in [0.3, 0.4) is 0 Å². The van der Waals surface area contributed by atoms with Gasteiger partial charge < -0.3 is 14.6 Å². The third-order valence-electron chi connectivity index (χ3n) is 3.45. The molecule has 2 rings (SSSR count). The molecular formula is C18H20O4. The molecule has 0 aliphatic carbocycles.